The minimum atomic E-state index is -0.601. The van der Waals surface area contributed by atoms with Crippen LogP contribution in [0.2, 0.25) is 0 Å². The molecule has 3 rings (SSSR count). The summed E-state index contributed by atoms with van der Waals surface area (Å²) in [5.41, 5.74) is 1.54. The number of nitro benzene ring substituents is 1. The number of nitro groups is 1. The molecule has 0 fully saturated rings. The van der Waals surface area contributed by atoms with Crippen molar-refractivity contribution in [3.05, 3.63) is 68.7 Å². The number of nitrogens with zero attached hydrogens (tertiary/aromatic N) is 3. The molecule has 0 saturated heterocycles. The Morgan fingerprint density at radius 1 is 1.24 bits per heavy atom. The Morgan fingerprint density at radius 3 is 2.68 bits per heavy atom. The SMILES string of the molecule is CCN(CC)C(CNC(=O)CCCn1c(=O)oc2cc([N+](=O)[O-])ccc21)c1cccc(OC)c1. The van der Waals surface area contributed by atoms with Gasteiger partial charge in [0.1, 0.15) is 5.75 Å². The Balaban J connectivity index is 1.61. The molecule has 0 aliphatic heterocycles. The molecule has 10 nitrogen and oxygen atoms in total. The van der Waals surface area contributed by atoms with Crippen LogP contribution in [0.15, 0.2) is 51.7 Å². The van der Waals surface area contributed by atoms with Crippen molar-refractivity contribution in [1.29, 1.82) is 0 Å². The quantitative estimate of drug-likeness (QED) is 0.318. The Morgan fingerprint density at radius 2 is 2.00 bits per heavy atom. The summed E-state index contributed by atoms with van der Waals surface area (Å²) in [7, 11) is 1.63. The number of hydrogen-bond acceptors (Lipinski definition) is 7. The summed E-state index contributed by atoms with van der Waals surface area (Å²) in [5.74, 6) is 0.0520. The number of amides is 1. The van der Waals surface area contributed by atoms with Crippen molar-refractivity contribution in [3.63, 3.8) is 0 Å². The number of oxazole rings is 1. The largest absolute Gasteiger partial charge is 0.497 e. The van der Waals surface area contributed by atoms with Crippen LogP contribution < -0.4 is 15.8 Å². The van der Waals surface area contributed by atoms with Gasteiger partial charge in [-0.25, -0.2) is 4.79 Å². The predicted molar refractivity (Wildman–Crippen MR) is 128 cm³/mol. The van der Waals surface area contributed by atoms with Crippen molar-refractivity contribution in [1.82, 2.24) is 14.8 Å². The molecule has 182 valence electrons. The van der Waals surface area contributed by atoms with Crippen LogP contribution in [0.4, 0.5) is 5.69 Å². The lowest BCUT2D eigenvalue weighted by molar-refractivity contribution is -0.384. The number of aromatic nitrogens is 1. The second kappa shape index (κ2) is 11.5. The number of non-ortho nitro benzene ring substituents is 1. The smallest absolute Gasteiger partial charge is 0.419 e. The van der Waals surface area contributed by atoms with Crippen LogP contribution in [0.5, 0.6) is 5.75 Å². The summed E-state index contributed by atoms with van der Waals surface area (Å²) in [6.45, 7) is 6.56. The molecular formula is C24H30N4O6. The fraction of sp³-hybridized carbons (Fsp3) is 0.417. The zero-order valence-corrected chi connectivity index (χ0v) is 19.7. The molecule has 0 saturated carbocycles. The maximum atomic E-state index is 12.6. The molecule has 34 heavy (non-hydrogen) atoms. The number of fused-ring (bicyclic) bond motifs is 1. The Hall–Kier alpha value is -3.66. The van der Waals surface area contributed by atoms with Crippen molar-refractivity contribution < 1.29 is 18.9 Å². The lowest BCUT2D eigenvalue weighted by atomic mass is 10.0. The van der Waals surface area contributed by atoms with E-state index in [1.807, 2.05) is 24.3 Å². The first kappa shape index (κ1) is 25.0. The third-order valence-corrected chi connectivity index (χ3v) is 5.87. The highest BCUT2D eigenvalue weighted by molar-refractivity contribution is 5.76. The number of aryl methyl sites for hydroxylation is 1. The number of hydrogen-bond donors (Lipinski definition) is 1. The van der Waals surface area contributed by atoms with Gasteiger partial charge < -0.3 is 14.5 Å². The van der Waals surface area contributed by atoms with E-state index in [-0.39, 0.29) is 36.2 Å². The maximum absolute atomic E-state index is 12.6. The average molecular weight is 471 g/mol. The lowest BCUT2D eigenvalue weighted by Gasteiger charge is -2.30. The van der Waals surface area contributed by atoms with E-state index in [9.17, 15) is 19.7 Å². The number of rotatable bonds is 12. The molecule has 1 amide bonds. The van der Waals surface area contributed by atoms with E-state index in [1.165, 1.54) is 22.8 Å². The first-order valence-electron chi connectivity index (χ1n) is 11.3. The molecule has 2 aromatic carbocycles. The molecule has 1 unspecified atom stereocenters. The molecule has 0 bridgehead atoms. The maximum Gasteiger partial charge on any atom is 0.419 e. The summed E-state index contributed by atoms with van der Waals surface area (Å²) < 4.78 is 11.9. The number of nitrogens with one attached hydrogen (secondary N) is 1. The van der Waals surface area contributed by atoms with Gasteiger partial charge in [-0.05, 0) is 43.3 Å². The van der Waals surface area contributed by atoms with Crippen LogP contribution in [0, 0.1) is 10.1 Å². The van der Waals surface area contributed by atoms with Crippen LogP contribution in [0.25, 0.3) is 11.1 Å². The van der Waals surface area contributed by atoms with Crippen LogP contribution in [-0.2, 0) is 11.3 Å². The Kier molecular flexibility index (Phi) is 8.42. The summed E-state index contributed by atoms with van der Waals surface area (Å²) in [4.78, 5) is 37.4. The van der Waals surface area contributed by atoms with Gasteiger partial charge in [0.05, 0.1) is 29.7 Å². The highest BCUT2D eigenvalue weighted by Crippen LogP contribution is 2.24. The number of methoxy groups -OCH3 is 1. The van der Waals surface area contributed by atoms with Gasteiger partial charge >= 0.3 is 5.76 Å². The van der Waals surface area contributed by atoms with E-state index in [2.05, 4.69) is 24.1 Å². The van der Waals surface area contributed by atoms with Crippen LogP contribution in [0.1, 0.15) is 38.3 Å². The second-order valence-electron chi connectivity index (χ2n) is 7.85. The minimum absolute atomic E-state index is 0.00489. The first-order chi connectivity index (χ1) is 16.4. The van der Waals surface area contributed by atoms with Gasteiger partial charge in [0.15, 0.2) is 5.58 Å². The molecule has 10 heteroatoms. The van der Waals surface area contributed by atoms with Crippen molar-refractivity contribution in [2.24, 2.45) is 0 Å². The number of carbonyl (C=O) groups is 1. The number of ether oxygens (including phenoxy) is 1. The van der Waals surface area contributed by atoms with Gasteiger partial charge in [-0.3, -0.25) is 24.4 Å². The highest BCUT2D eigenvalue weighted by Gasteiger charge is 2.20. The molecule has 1 heterocycles. The fourth-order valence-corrected chi connectivity index (χ4v) is 4.05. The van der Waals surface area contributed by atoms with Gasteiger partial charge in [-0.15, -0.1) is 0 Å². The molecule has 0 radical (unpaired) electrons. The number of carbonyl (C=O) groups excluding carboxylic acids is 1. The van der Waals surface area contributed by atoms with E-state index in [0.29, 0.717) is 18.5 Å². The fourth-order valence-electron chi connectivity index (χ4n) is 4.05. The molecular weight excluding hydrogens is 440 g/mol. The minimum Gasteiger partial charge on any atom is -0.497 e. The third kappa shape index (κ3) is 5.82. The zero-order valence-electron chi connectivity index (χ0n) is 19.7. The summed E-state index contributed by atoms with van der Waals surface area (Å²) in [6.07, 6.45) is 0.654. The third-order valence-electron chi connectivity index (χ3n) is 5.87. The molecule has 0 aliphatic rings. The Bertz CT molecular complexity index is 1200. The van der Waals surface area contributed by atoms with E-state index in [0.717, 1.165) is 24.4 Å². The topological polar surface area (TPSA) is 120 Å². The van der Waals surface area contributed by atoms with E-state index in [1.54, 1.807) is 7.11 Å². The lowest BCUT2D eigenvalue weighted by Crippen LogP contribution is -2.38. The molecule has 0 spiro atoms. The average Bonchev–Trinajstić information content (AvgIpc) is 3.15. The van der Waals surface area contributed by atoms with E-state index >= 15 is 0 Å². The molecule has 3 aromatic rings. The summed E-state index contributed by atoms with van der Waals surface area (Å²) in [5, 5.41) is 13.9. The number of benzene rings is 2. The zero-order chi connectivity index (χ0) is 24.7. The second-order valence-corrected chi connectivity index (χ2v) is 7.85. The van der Waals surface area contributed by atoms with Crippen molar-refractivity contribution in [2.75, 3.05) is 26.7 Å². The Labute approximate surface area is 197 Å². The monoisotopic (exact) mass is 470 g/mol. The van der Waals surface area contributed by atoms with Gasteiger partial charge in [0.2, 0.25) is 5.91 Å². The van der Waals surface area contributed by atoms with Gasteiger partial charge in [-0.1, -0.05) is 26.0 Å². The van der Waals surface area contributed by atoms with Crippen LogP contribution >= 0.6 is 0 Å². The van der Waals surface area contributed by atoms with Gasteiger partial charge in [0.25, 0.3) is 5.69 Å². The normalized spacial score (nSPS) is 12.1. The molecule has 1 N–H and O–H groups in total. The highest BCUT2D eigenvalue weighted by atomic mass is 16.6. The van der Waals surface area contributed by atoms with Crippen LogP contribution in [0.3, 0.4) is 0 Å². The van der Waals surface area contributed by atoms with Crippen molar-refractivity contribution in [2.45, 2.75) is 39.3 Å². The molecule has 1 atom stereocenters. The standard InChI is InChI=1S/C24H30N4O6/c1-4-26(5-2)21(17-8-6-9-19(14-17)33-3)16-25-23(29)10-7-13-27-20-12-11-18(28(31)32)15-22(20)34-24(27)30/h6,8-9,11-12,14-15,21H,4-5,7,10,13,16H2,1-3H3,(H,25,29). The molecule has 1 aromatic heterocycles. The number of likely N-dealkylation sites (N-methyl/N-ethyl adjacent to an activating group) is 1. The van der Waals surface area contributed by atoms with Crippen molar-refractivity contribution in [3.8, 4) is 5.75 Å². The van der Waals surface area contributed by atoms with Gasteiger partial charge in [-0.2, -0.15) is 0 Å². The first-order valence-corrected chi connectivity index (χ1v) is 11.3. The summed E-state index contributed by atoms with van der Waals surface area (Å²) in [6, 6.07) is 11.9. The van der Waals surface area contributed by atoms with Crippen LogP contribution in [-0.4, -0.2) is 47.0 Å². The summed E-state index contributed by atoms with van der Waals surface area (Å²) >= 11 is 0. The van der Waals surface area contributed by atoms with Gasteiger partial charge in [0, 0.05) is 25.6 Å². The van der Waals surface area contributed by atoms with Crippen molar-refractivity contribution >= 4 is 22.7 Å². The molecule has 0 aliphatic carbocycles. The van der Waals surface area contributed by atoms with E-state index < -0.39 is 10.7 Å². The van der Waals surface area contributed by atoms with E-state index in [4.69, 9.17) is 9.15 Å². The predicted octanol–water partition coefficient (Wildman–Crippen LogP) is 3.49.